The minimum Gasteiger partial charge on any atom is -0.457 e. The summed E-state index contributed by atoms with van der Waals surface area (Å²) in [6.45, 7) is 2.08. The molecule has 0 atom stereocenters. The highest BCUT2D eigenvalue weighted by molar-refractivity contribution is 6.12. The van der Waals surface area contributed by atoms with Crippen LogP contribution in [0.4, 0.5) is 0 Å². The number of aromatic nitrogens is 7. The van der Waals surface area contributed by atoms with E-state index in [0.717, 1.165) is 93.5 Å². The van der Waals surface area contributed by atoms with E-state index in [1.165, 1.54) is 0 Å². The maximum atomic E-state index is 6.73. The molecular weight excluding hydrogens is 791 g/mol. The van der Waals surface area contributed by atoms with E-state index in [1.807, 2.05) is 85.3 Å². The van der Waals surface area contributed by atoms with Gasteiger partial charge >= 0.3 is 0 Å². The van der Waals surface area contributed by atoms with E-state index in [4.69, 9.17) is 29.4 Å². The van der Waals surface area contributed by atoms with Gasteiger partial charge in [-0.25, -0.2) is 19.9 Å². The number of fused-ring (bicyclic) bond motifs is 10. The lowest BCUT2D eigenvalue weighted by atomic mass is 10.1. The van der Waals surface area contributed by atoms with Crippen molar-refractivity contribution in [2.45, 2.75) is 6.92 Å². The molecule has 13 rings (SSSR count). The zero-order chi connectivity index (χ0) is 42.3. The fourth-order valence-corrected chi connectivity index (χ4v) is 9.34. The van der Waals surface area contributed by atoms with Crippen LogP contribution in [0.5, 0.6) is 23.0 Å². The molecule has 6 aromatic heterocycles. The van der Waals surface area contributed by atoms with Gasteiger partial charge in [0.1, 0.15) is 34.6 Å². The summed E-state index contributed by atoms with van der Waals surface area (Å²) in [6, 6.07) is 59.9. The minimum atomic E-state index is 0.549. The summed E-state index contributed by atoms with van der Waals surface area (Å²) >= 11 is 0. The summed E-state index contributed by atoms with van der Waals surface area (Å²) in [5.41, 5.74) is 8.01. The smallest absolute Gasteiger partial charge is 0.235 e. The molecule has 302 valence electrons. The predicted octanol–water partition coefficient (Wildman–Crippen LogP) is 13.6. The van der Waals surface area contributed by atoms with Crippen LogP contribution >= 0.6 is 0 Å². The molecule has 0 aliphatic rings. The van der Waals surface area contributed by atoms with Crippen molar-refractivity contribution in [2.75, 3.05) is 0 Å². The third-order valence-electron chi connectivity index (χ3n) is 12.2. The average Bonchev–Trinajstić information content (AvgIpc) is 3.96. The molecule has 64 heavy (non-hydrogen) atoms. The fraction of sp³-hybridized carbons (Fsp3) is 0.0182. The van der Waals surface area contributed by atoms with Crippen molar-refractivity contribution < 1.29 is 9.47 Å². The lowest BCUT2D eigenvalue weighted by molar-refractivity contribution is 0.484. The van der Waals surface area contributed by atoms with Crippen LogP contribution in [0.15, 0.2) is 195 Å². The van der Waals surface area contributed by atoms with Gasteiger partial charge in [0.05, 0.1) is 38.6 Å². The Bertz CT molecular complexity index is 3770. The Balaban J connectivity index is 0.942. The van der Waals surface area contributed by atoms with Gasteiger partial charge in [-0.1, -0.05) is 60.2 Å². The quantitative estimate of drug-likeness (QED) is 0.159. The van der Waals surface area contributed by atoms with Crippen molar-refractivity contribution in [3.8, 4) is 40.6 Å². The van der Waals surface area contributed by atoms with Crippen LogP contribution in [0, 0.1) is 6.92 Å². The van der Waals surface area contributed by atoms with Gasteiger partial charge in [-0.3, -0.25) is 13.7 Å². The molecule has 9 heteroatoms. The second-order valence-electron chi connectivity index (χ2n) is 16.1. The second kappa shape index (κ2) is 14.1. The first-order valence-corrected chi connectivity index (χ1v) is 21.2. The number of nitrogens with zero attached hydrogens (tertiary/aromatic N) is 7. The summed E-state index contributed by atoms with van der Waals surface area (Å²) in [6.07, 6.45) is 5.54. The summed E-state index contributed by atoms with van der Waals surface area (Å²) in [7, 11) is 0. The molecule has 0 aliphatic heterocycles. The fourth-order valence-electron chi connectivity index (χ4n) is 9.34. The maximum absolute atomic E-state index is 6.73. The number of benzene rings is 7. The van der Waals surface area contributed by atoms with Crippen LogP contribution in [0.25, 0.3) is 93.9 Å². The van der Waals surface area contributed by atoms with E-state index in [9.17, 15) is 0 Å². The number of rotatable bonds is 7. The van der Waals surface area contributed by atoms with Crippen molar-refractivity contribution in [2.24, 2.45) is 0 Å². The summed E-state index contributed by atoms with van der Waals surface area (Å²) in [4.78, 5) is 19.5. The summed E-state index contributed by atoms with van der Waals surface area (Å²) in [5, 5.41) is 7.62. The van der Waals surface area contributed by atoms with Crippen LogP contribution < -0.4 is 9.47 Å². The minimum absolute atomic E-state index is 0.549. The van der Waals surface area contributed by atoms with Gasteiger partial charge in [-0.15, -0.1) is 0 Å². The van der Waals surface area contributed by atoms with Gasteiger partial charge in [0, 0.05) is 80.6 Å². The maximum Gasteiger partial charge on any atom is 0.235 e. The highest BCUT2D eigenvalue weighted by Crippen LogP contribution is 2.40. The molecule has 0 unspecified atom stereocenters. The number of pyridine rings is 2. The van der Waals surface area contributed by atoms with Crippen molar-refractivity contribution in [3.63, 3.8) is 0 Å². The van der Waals surface area contributed by atoms with Crippen molar-refractivity contribution in [1.29, 1.82) is 0 Å². The molecule has 0 aliphatic carbocycles. The Morgan fingerprint density at radius 3 is 1.28 bits per heavy atom. The molecule has 0 saturated heterocycles. The van der Waals surface area contributed by atoms with E-state index in [-0.39, 0.29) is 0 Å². The Morgan fingerprint density at radius 1 is 0.375 bits per heavy atom. The molecule has 0 bridgehead atoms. The molecule has 13 aromatic rings. The molecule has 0 fully saturated rings. The van der Waals surface area contributed by atoms with Crippen LogP contribution in [-0.4, -0.2) is 33.6 Å². The zero-order valence-electron chi connectivity index (χ0n) is 34.4. The zero-order valence-corrected chi connectivity index (χ0v) is 34.4. The largest absolute Gasteiger partial charge is 0.457 e. The van der Waals surface area contributed by atoms with Crippen molar-refractivity contribution in [1.82, 2.24) is 33.6 Å². The molecule has 0 spiro atoms. The van der Waals surface area contributed by atoms with Gasteiger partial charge in [-0.2, -0.15) is 0 Å². The standard InChI is InChI=1S/C55H35N7O2/c1-34-16-25-46-35(28-34)33-58-55(59-46)62-51-31-38(63-36-17-21-42-40-10-2-4-12-47(40)60(49(42)29-36)53-14-6-8-26-56-53)19-23-44(51)45-24-20-39(32-52(45)62)64-37-18-22-43-41-11-3-5-13-48(41)61(50(43)30-37)54-15-7-9-27-57-54/h2-33H,1H3. The third-order valence-corrected chi connectivity index (χ3v) is 12.2. The molecule has 7 aromatic carbocycles. The topological polar surface area (TPSA) is 84.8 Å². The molecule has 0 N–H and O–H groups in total. The Labute approximate surface area is 365 Å². The monoisotopic (exact) mass is 825 g/mol. The van der Waals surface area contributed by atoms with E-state index in [0.29, 0.717) is 28.9 Å². The molecule has 0 amide bonds. The third kappa shape index (κ3) is 5.71. The van der Waals surface area contributed by atoms with E-state index in [2.05, 4.69) is 130 Å². The molecule has 9 nitrogen and oxygen atoms in total. The summed E-state index contributed by atoms with van der Waals surface area (Å²) < 4.78 is 20.0. The van der Waals surface area contributed by atoms with Crippen molar-refractivity contribution >= 4 is 76.3 Å². The van der Waals surface area contributed by atoms with Crippen molar-refractivity contribution in [3.05, 3.63) is 200 Å². The predicted molar refractivity (Wildman–Crippen MR) is 256 cm³/mol. The van der Waals surface area contributed by atoms with E-state index >= 15 is 0 Å². The molecular formula is C55H35N7O2. The van der Waals surface area contributed by atoms with Gasteiger partial charge in [-0.05, 0) is 104 Å². The van der Waals surface area contributed by atoms with Crippen LogP contribution in [0.2, 0.25) is 0 Å². The second-order valence-corrected chi connectivity index (χ2v) is 16.1. The normalized spacial score (nSPS) is 11.8. The summed E-state index contributed by atoms with van der Waals surface area (Å²) in [5.74, 6) is 5.02. The highest BCUT2D eigenvalue weighted by atomic mass is 16.5. The van der Waals surface area contributed by atoms with E-state index in [1.54, 1.807) is 0 Å². The first-order valence-electron chi connectivity index (χ1n) is 21.2. The van der Waals surface area contributed by atoms with Gasteiger partial charge < -0.3 is 9.47 Å². The number of aryl methyl sites for hydroxylation is 1. The van der Waals surface area contributed by atoms with Gasteiger partial charge in [0.15, 0.2) is 0 Å². The number of ether oxygens (including phenoxy) is 2. The first kappa shape index (κ1) is 35.9. The lowest BCUT2D eigenvalue weighted by Crippen LogP contribution is -2.01. The van der Waals surface area contributed by atoms with E-state index < -0.39 is 0 Å². The van der Waals surface area contributed by atoms with Gasteiger partial charge in [0.25, 0.3) is 0 Å². The Hall–Kier alpha value is -8.82. The Morgan fingerprint density at radius 2 is 0.812 bits per heavy atom. The SMILES string of the molecule is Cc1ccc2nc(-n3c4cc(Oc5ccc6c7ccccc7n(-c7ccccn7)c6c5)ccc4c4ccc(Oc5ccc6c7ccccc7n(-c7ccccn7)c6c5)cc43)ncc2c1. The number of hydrogen-bond acceptors (Lipinski definition) is 6. The molecule has 0 saturated carbocycles. The van der Waals surface area contributed by atoms with Crippen LogP contribution in [-0.2, 0) is 0 Å². The van der Waals surface area contributed by atoms with Gasteiger partial charge in [0.2, 0.25) is 5.95 Å². The number of hydrogen-bond donors (Lipinski definition) is 0. The molecule has 0 radical (unpaired) electrons. The first-order chi connectivity index (χ1) is 31.6. The number of para-hydroxylation sites is 2. The van der Waals surface area contributed by atoms with Crippen LogP contribution in [0.3, 0.4) is 0 Å². The van der Waals surface area contributed by atoms with Crippen LogP contribution in [0.1, 0.15) is 5.56 Å². The average molecular weight is 826 g/mol. The lowest BCUT2D eigenvalue weighted by Gasteiger charge is -2.11. The Kier molecular flexibility index (Phi) is 7.92. The molecule has 6 heterocycles. The highest BCUT2D eigenvalue weighted by Gasteiger charge is 2.20.